The molecule has 5 heteroatoms. The molecule has 110 valence electrons. The normalized spacial score (nSPS) is 27.9. The molecule has 0 unspecified atom stereocenters. The van der Waals surface area contributed by atoms with Crippen LogP contribution in [0.2, 0.25) is 0 Å². The fraction of sp³-hybridized carbons (Fsp3) is 0.857. The molecule has 0 bridgehead atoms. The number of amides is 1. The number of rotatable bonds is 5. The zero-order chi connectivity index (χ0) is 14.7. The average Bonchev–Trinajstić information content (AvgIpc) is 2.32. The number of carboxylic acid groups (broad SMARTS) is 1. The number of carbonyl (C=O) groups is 2. The molecule has 0 aliphatic heterocycles. The van der Waals surface area contributed by atoms with E-state index in [1.165, 1.54) is 0 Å². The minimum atomic E-state index is -1.09. The van der Waals surface area contributed by atoms with Crippen molar-refractivity contribution in [2.45, 2.75) is 64.5 Å². The first-order chi connectivity index (χ1) is 8.73. The van der Waals surface area contributed by atoms with E-state index < -0.39 is 17.0 Å². The lowest BCUT2D eigenvalue weighted by molar-refractivity contribution is -0.150. The number of carbonyl (C=O) groups excluding carboxylic acids is 1. The molecule has 0 radical (unpaired) electrons. The molecule has 0 saturated heterocycles. The Morgan fingerprint density at radius 3 is 2.26 bits per heavy atom. The monoisotopic (exact) mass is 270 g/mol. The largest absolute Gasteiger partial charge is 0.480 e. The summed E-state index contributed by atoms with van der Waals surface area (Å²) >= 11 is 0. The molecule has 0 spiro atoms. The van der Waals surface area contributed by atoms with Crippen molar-refractivity contribution in [3.63, 3.8) is 0 Å². The van der Waals surface area contributed by atoms with Gasteiger partial charge in [-0.2, -0.15) is 0 Å². The Morgan fingerprint density at radius 2 is 1.84 bits per heavy atom. The Bertz CT molecular complexity index is 345. The van der Waals surface area contributed by atoms with Gasteiger partial charge in [-0.3, -0.25) is 4.79 Å². The topological polar surface area (TPSA) is 78.4 Å². The van der Waals surface area contributed by atoms with Crippen LogP contribution >= 0.6 is 0 Å². The molecule has 1 saturated carbocycles. The smallest absolute Gasteiger partial charge is 0.329 e. The van der Waals surface area contributed by atoms with Gasteiger partial charge in [0.25, 0.3) is 0 Å². The maximum absolute atomic E-state index is 12.3. The molecule has 1 fully saturated rings. The van der Waals surface area contributed by atoms with Gasteiger partial charge in [-0.25, -0.2) is 4.79 Å². The van der Waals surface area contributed by atoms with Crippen LogP contribution in [-0.2, 0) is 9.59 Å². The van der Waals surface area contributed by atoms with E-state index in [4.69, 9.17) is 0 Å². The second kappa shape index (κ2) is 5.90. The van der Waals surface area contributed by atoms with Crippen LogP contribution in [0, 0.1) is 5.92 Å². The highest BCUT2D eigenvalue weighted by atomic mass is 16.4. The Hall–Kier alpha value is -1.10. The van der Waals surface area contributed by atoms with Crippen LogP contribution in [-0.4, -0.2) is 34.6 Å². The Kier molecular flexibility index (Phi) is 4.96. The van der Waals surface area contributed by atoms with Gasteiger partial charge in [-0.15, -0.1) is 0 Å². The average molecular weight is 270 g/mol. The maximum atomic E-state index is 12.3. The summed E-state index contributed by atoms with van der Waals surface area (Å²) in [6.45, 7) is 8.25. The van der Waals surface area contributed by atoms with Crippen molar-refractivity contribution in [2.75, 3.05) is 6.54 Å². The lowest BCUT2D eigenvalue weighted by atomic mass is 9.76. The molecule has 5 nitrogen and oxygen atoms in total. The molecule has 1 amide bonds. The summed E-state index contributed by atoms with van der Waals surface area (Å²) in [4.78, 5) is 23.8. The molecular formula is C14H26N2O3. The lowest BCUT2D eigenvalue weighted by Gasteiger charge is -2.38. The summed E-state index contributed by atoms with van der Waals surface area (Å²) in [6, 6.07) is 0. The summed E-state index contributed by atoms with van der Waals surface area (Å²) in [5.41, 5.74) is -1.84. The highest BCUT2D eigenvalue weighted by Crippen LogP contribution is 2.32. The van der Waals surface area contributed by atoms with Crippen LogP contribution in [0.3, 0.4) is 0 Å². The van der Waals surface area contributed by atoms with E-state index >= 15 is 0 Å². The number of hydrogen-bond acceptors (Lipinski definition) is 3. The summed E-state index contributed by atoms with van der Waals surface area (Å²) in [5, 5.41) is 15.3. The minimum absolute atomic E-state index is 0.244. The molecule has 1 rings (SSSR count). The van der Waals surface area contributed by atoms with Crippen LogP contribution in [0.4, 0.5) is 0 Å². The number of likely N-dealkylation sites (N-methyl/N-ethyl adjacent to an activating group) is 1. The molecule has 0 aromatic carbocycles. The predicted molar refractivity (Wildman–Crippen MR) is 73.9 cm³/mol. The fourth-order valence-electron chi connectivity index (χ4n) is 2.54. The van der Waals surface area contributed by atoms with Gasteiger partial charge in [0.15, 0.2) is 0 Å². The molecule has 0 aromatic rings. The second-order valence-electron chi connectivity index (χ2n) is 6.18. The number of hydrogen-bond donors (Lipinski definition) is 3. The second-order valence-corrected chi connectivity index (χ2v) is 6.18. The van der Waals surface area contributed by atoms with Gasteiger partial charge in [0.05, 0.1) is 5.54 Å². The van der Waals surface area contributed by atoms with Crippen molar-refractivity contribution >= 4 is 11.9 Å². The first-order valence-corrected chi connectivity index (χ1v) is 7.04. The van der Waals surface area contributed by atoms with Gasteiger partial charge >= 0.3 is 5.97 Å². The molecule has 1 aliphatic rings. The van der Waals surface area contributed by atoms with Crippen LogP contribution in [0.1, 0.15) is 53.4 Å². The highest BCUT2D eigenvalue weighted by Gasteiger charge is 2.44. The van der Waals surface area contributed by atoms with Gasteiger partial charge in [0.2, 0.25) is 5.91 Å². The molecule has 3 N–H and O–H groups in total. The molecule has 19 heavy (non-hydrogen) atoms. The Morgan fingerprint density at radius 1 is 1.32 bits per heavy atom. The molecule has 0 heterocycles. The standard InChI is InChI=1S/C14H26N2O3/c1-5-15-13(3,4)11(17)16-14(12(18)19)8-6-10(2)7-9-14/h10,15H,5-9H2,1-4H3,(H,16,17)(H,18,19). The third-order valence-electron chi connectivity index (χ3n) is 4.08. The van der Waals surface area contributed by atoms with Crippen LogP contribution in [0.5, 0.6) is 0 Å². The summed E-state index contributed by atoms with van der Waals surface area (Å²) in [5.74, 6) is -0.627. The van der Waals surface area contributed by atoms with Crippen molar-refractivity contribution < 1.29 is 14.7 Å². The van der Waals surface area contributed by atoms with E-state index in [-0.39, 0.29) is 5.91 Å². The van der Waals surface area contributed by atoms with E-state index in [2.05, 4.69) is 17.6 Å². The van der Waals surface area contributed by atoms with E-state index in [0.717, 1.165) is 12.8 Å². The third-order valence-corrected chi connectivity index (χ3v) is 4.08. The van der Waals surface area contributed by atoms with E-state index in [1.807, 2.05) is 6.92 Å². The summed E-state index contributed by atoms with van der Waals surface area (Å²) in [6.07, 6.45) is 2.71. The van der Waals surface area contributed by atoms with E-state index in [1.54, 1.807) is 13.8 Å². The maximum Gasteiger partial charge on any atom is 0.329 e. The minimum Gasteiger partial charge on any atom is -0.480 e. The number of nitrogens with one attached hydrogen (secondary N) is 2. The zero-order valence-corrected chi connectivity index (χ0v) is 12.4. The van der Waals surface area contributed by atoms with E-state index in [9.17, 15) is 14.7 Å². The predicted octanol–water partition coefficient (Wildman–Crippen LogP) is 1.52. The van der Waals surface area contributed by atoms with E-state index in [0.29, 0.717) is 25.3 Å². The third kappa shape index (κ3) is 3.69. The molecule has 1 aliphatic carbocycles. The summed E-state index contributed by atoms with van der Waals surface area (Å²) < 4.78 is 0. The van der Waals surface area contributed by atoms with Gasteiger partial charge < -0.3 is 15.7 Å². The van der Waals surface area contributed by atoms with Gasteiger partial charge in [-0.05, 0) is 52.0 Å². The van der Waals surface area contributed by atoms with Gasteiger partial charge in [0.1, 0.15) is 5.54 Å². The quantitative estimate of drug-likeness (QED) is 0.708. The number of carboxylic acids is 1. The van der Waals surface area contributed by atoms with Crippen LogP contribution in [0.15, 0.2) is 0 Å². The Labute approximate surface area is 115 Å². The first kappa shape index (κ1) is 16.0. The van der Waals surface area contributed by atoms with Crippen LogP contribution < -0.4 is 10.6 Å². The van der Waals surface area contributed by atoms with Crippen molar-refractivity contribution in [2.24, 2.45) is 5.92 Å². The Balaban J connectivity index is 2.80. The SMILES string of the molecule is CCNC(C)(C)C(=O)NC1(C(=O)O)CCC(C)CC1. The lowest BCUT2D eigenvalue weighted by Crippen LogP contribution is -2.63. The van der Waals surface area contributed by atoms with Crippen molar-refractivity contribution in [1.82, 2.24) is 10.6 Å². The molecule has 0 atom stereocenters. The summed E-state index contributed by atoms with van der Waals surface area (Å²) in [7, 11) is 0. The van der Waals surface area contributed by atoms with Crippen LogP contribution in [0.25, 0.3) is 0 Å². The van der Waals surface area contributed by atoms with Gasteiger partial charge in [0, 0.05) is 0 Å². The van der Waals surface area contributed by atoms with Crippen molar-refractivity contribution in [3.8, 4) is 0 Å². The zero-order valence-electron chi connectivity index (χ0n) is 12.4. The van der Waals surface area contributed by atoms with Gasteiger partial charge in [-0.1, -0.05) is 13.8 Å². The first-order valence-electron chi connectivity index (χ1n) is 7.04. The fourth-order valence-corrected chi connectivity index (χ4v) is 2.54. The number of aliphatic carboxylic acids is 1. The van der Waals surface area contributed by atoms with Crippen molar-refractivity contribution in [3.05, 3.63) is 0 Å². The highest BCUT2D eigenvalue weighted by molar-refractivity contribution is 5.91. The molecule has 0 aromatic heterocycles. The molecular weight excluding hydrogens is 244 g/mol. The van der Waals surface area contributed by atoms with Crippen molar-refractivity contribution in [1.29, 1.82) is 0 Å².